The molecule has 0 aliphatic carbocycles. The van der Waals surface area contributed by atoms with Crippen LogP contribution in [0.2, 0.25) is 5.02 Å². The van der Waals surface area contributed by atoms with Crippen LogP contribution in [-0.4, -0.2) is 35.4 Å². The Kier molecular flexibility index (Phi) is 5.96. The van der Waals surface area contributed by atoms with Crippen molar-refractivity contribution in [1.82, 2.24) is 4.90 Å². The molecule has 1 aliphatic rings. The minimum atomic E-state index is -0.442. The molecule has 0 unspecified atom stereocenters. The number of anilines is 1. The first-order valence-electron chi connectivity index (χ1n) is 8.98. The number of nitro benzene ring substituents is 1. The molecule has 0 bridgehead atoms. The van der Waals surface area contributed by atoms with Crippen LogP contribution in [0.3, 0.4) is 0 Å². The maximum atomic E-state index is 12.5. The third kappa shape index (κ3) is 4.57. The number of likely N-dealkylation sites (tertiary alicyclic amines) is 1. The first kappa shape index (κ1) is 19.2. The molecule has 2 aromatic rings. The van der Waals surface area contributed by atoms with Gasteiger partial charge in [-0.25, -0.2) is 0 Å². The molecule has 2 aromatic carbocycles. The van der Waals surface area contributed by atoms with E-state index in [2.05, 4.69) is 5.32 Å². The molecule has 1 aliphatic heterocycles. The average molecular weight is 388 g/mol. The van der Waals surface area contributed by atoms with Crippen LogP contribution in [0.15, 0.2) is 42.5 Å². The van der Waals surface area contributed by atoms with Gasteiger partial charge in [0.15, 0.2) is 0 Å². The largest absolute Gasteiger partial charge is 0.383 e. The molecule has 27 heavy (non-hydrogen) atoms. The molecule has 7 heteroatoms. The number of amides is 1. The topological polar surface area (TPSA) is 75.5 Å². The number of aryl methyl sites for hydroxylation is 1. The van der Waals surface area contributed by atoms with E-state index >= 15 is 0 Å². The third-order valence-electron chi connectivity index (χ3n) is 4.97. The van der Waals surface area contributed by atoms with Crippen LogP contribution in [0.4, 0.5) is 11.4 Å². The van der Waals surface area contributed by atoms with Crippen molar-refractivity contribution in [3.63, 3.8) is 0 Å². The number of nitrogens with zero attached hydrogens (tertiary/aromatic N) is 2. The maximum Gasteiger partial charge on any atom is 0.271 e. The van der Waals surface area contributed by atoms with Crippen molar-refractivity contribution in [2.45, 2.75) is 19.8 Å². The van der Waals surface area contributed by atoms with Crippen molar-refractivity contribution in [3.8, 4) is 0 Å². The molecule has 1 heterocycles. The summed E-state index contributed by atoms with van der Waals surface area (Å²) in [4.78, 5) is 24.9. The Hall–Kier alpha value is -2.60. The zero-order valence-electron chi connectivity index (χ0n) is 15.2. The highest BCUT2D eigenvalue weighted by Crippen LogP contribution is 2.31. The lowest BCUT2D eigenvalue weighted by Crippen LogP contribution is -2.39. The van der Waals surface area contributed by atoms with Crippen molar-refractivity contribution in [2.24, 2.45) is 5.92 Å². The number of piperidine rings is 1. The van der Waals surface area contributed by atoms with Crippen molar-refractivity contribution >= 4 is 28.9 Å². The standard InChI is InChI=1S/C20H22ClN3O3/c1-14-11-17(24(26)27)12-18(21)19(14)22-13-15-7-9-23(10-8-15)20(25)16-5-3-2-4-6-16/h2-6,11-12,15,22H,7-10,13H2,1H3. The van der Waals surface area contributed by atoms with E-state index in [9.17, 15) is 14.9 Å². The minimum absolute atomic E-state index is 0.00391. The Labute approximate surface area is 163 Å². The lowest BCUT2D eigenvalue weighted by atomic mass is 9.96. The number of hydrogen-bond donors (Lipinski definition) is 1. The zero-order chi connectivity index (χ0) is 19.4. The number of halogens is 1. The van der Waals surface area contributed by atoms with E-state index in [1.54, 1.807) is 0 Å². The molecule has 0 saturated carbocycles. The lowest BCUT2D eigenvalue weighted by molar-refractivity contribution is -0.384. The molecule has 0 atom stereocenters. The SMILES string of the molecule is Cc1cc([N+](=O)[O-])cc(Cl)c1NCC1CCN(C(=O)c2ccccc2)CC1. The molecular weight excluding hydrogens is 366 g/mol. The van der Waals surface area contributed by atoms with E-state index in [0.29, 0.717) is 10.9 Å². The fourth-order valence-electron chi connectivity index (χ4n) is 3.41. The molecule has 0 spiro atoms. The van der Waals surface area contributed by atoms with Gasteiger partial charge in [0.25, 0.3) is 11.6 Å². The van der Waals surface area contributed by atoms with Crippen molar-refractivity contribution in [2.75, 3.05) is 25.0 Å². The van der Waals surface area contributed by atoms with Crippen LogP contribution >= 0.6 is 11.6 Å². The number of rotatable bonds is 5. The monoisotopic (exact) mass is 387 g/mol. The van der Waals surface area contributed by atoms with Crippen LogP contribution < -0.4 is 5.32 Å². The van der Waals surface area contributed by atoms with Crippen LogP contribution in [-0.2, 0) is 0 Å². The molecule has 3 rings (SSSR count). The van der Waals surface area contributed by atoms with Gasteiger partial charge in [0.1, 0.15) is 0 Å². The first-order chi connectivity index (χ1) is 13.0. The molecule has 0 radical (unpaired) electrons. The highest BCUT2D eigenvalue weighted by molar-refractivity contribution is 6.33. The summed E-state index contributed by atoms with van der Waals surface area (Å²) < 4.78 is 0. The second-order valence-corrected chi connectivity index (χ2v) is 7.27. The molecule has 0 aromatic heterocycles. The Morgan fingerprint density at radius 2 is 1.93 bits per heavy atom. The van der Waals surface area contributed by atoms with Gasteiger partial charge in [0.05, 0.1) is 15.6 Å². The van der Waals surface area contributed by atoms with Gasteiger partial charge in [-0.3, -0.25) is 14.9 Å². The minimum Gasteiger partial charge on any atom is -0.383 e. The summed E-state index contributed by atoms with van der Waals surface area (Å²) in [6.45, 7) is 3.99. The van der Waals surface area contributed by atoms with Crippen molar-refractivity contribution < 1.29 is 9.72 Å². The van der Waals surface area contributed by atoms with Gasteiger partial charge in [-0.2, -0.15) is 0 Å². The Morgan fingerprint density at radius 3 is 2.52 bits per heavy atom. The van der Waals surface area contributed by atoms with Crippen LogP contribution in [0.5, 0.6) is 0 Å². The molecule has 1 fully saturated rings. The van der Waals surface area contributed by atoms with Crippen LogP contribution in [0.25, 0.3) is 0 Å². The number of hydrogen-bond acceptors (Lipinski definition) is 4. The number of nitrogens with one attached hydrogen (secondary N) is 1. The first-order valence-corrected chi connectivity index (χ1v) is 9.36. The van der Waals surface area contributed by atoms with E-state index in [4.69, 9.17) is 11.6 Å². The summed E-state index contributed by atoms with van der Waals surface area (Å²) in [5.41, 5.74) is 2.22. The number of benzene rings is 2. The van der Waals surface area contributed by atoms with E-state index in [1.165, 1.54) is 12.1 Å². The van der Waals surface area contributed by atoms with Gasteiger partial charge in [0.2, 0.25) is 0 Å². The predicted molar refractivity (Wildman–Crippen MR) is 106 cm³/mol. The van der Waals surface area contributed by atoms with Crippen LogP contribution in [0.1, 0.15) is 28.8 Å². The number of non-ortho nitro benzene ring substituents is 1. The molecule has 1 amide bonds. The van der Waals surface area contributed by atoms with E-state index < -0.39 is 4.92 Å². The number of nitro groups is 1. The van der Waals surface area contributed by atoms with Gasteiger partial charge in [-0.1, -0.05) is 29.8 Å². The van der Waals surface area contributed by atoms with Crippen molar-refractivity contribution in [3.05, 3.63) is 68.7 Å². The number of carbonyl (C=O) groups is 1. The highest BCUT2D eigenvalue weighted by atomic mass is 35.5. The van der Waals surface area contributed by atoms with Gasteiger partial charge in [-0.05, 0) is 43.4 Å². The molecule has 1 saturated heterocycles. The predicted octanol–water partition coefficient (Wildman–Crippen LogP) is 4.52. The zero-order valence-corrected chi connectivity index (χ0v) is 15.9. The summed E-state index contributed by atoms with van der Waals surface area (Å²) >= 11 is 6.21. The summed E-state index contributed by atoms with van der Waals surface area (Å²) in [7, 11) is 0. The normalized spacial score (nSPS) is 14.8. The highest BCUT2D eigenvalue weighted by Gasteiger charge is 2.24. The fourth-order valence-corrected chi connectivity index (χ4v) is 3.73. The van der Waals surface area contributed by atoms with E-state index in [-0.39, 0.29) is 11.6 Å². The summed E-state index contributed by atoms with van der Waals surface area (Å²) in [6, 6.07) is 12.2. The maximum absolute atomic E-state index is 12.5. The second kappa shape index (κ2) is 8.39. The van der Waals surface area contributed by atoms with E-state index in [0.717, 1.165) is 49.3 Å². The molecule has 1 N–H and O–H groups in total. The van der Waals surface area contributed by atoms with Gasteiger partial charge < -0.3 is 10.2 Å². The number of carbonyl (C=O) groups excluding carboxylic acids is 1. The summed E-state index contributed by atoms with van der Waals surface area (Å²) in [6.07, 6.45) is 1.82. The summed E-state index contributed by atoms with van der Waals surface area (Å²) in [5, 5.41) is 14.6. The molecule has 142 valence electrons. The second-order valence-electron chi connectivity index (χ2n) is 6.86. The average Bonchev–Trinajstić information content (AvgIpc) is 2.67. The summed E-state index contributed by atoms with van der Waals surface area (Å²) in [5.74, 6) is 0.506. The smallest absolute Gasteiger partial charge is 0.271 e. The van der Waals surface area contributed by atoms with Crippen molar-refractivity contribution in [1.29, 1.82) is 0 Å². The lowest BCUT2D eigenvalue weighted by Gasteiger charge is -2.32. The van der Waals surface area contributed by atoms with Crippen LogP contribution in [0, 0.1) is 23.0 Å². The Bertz CT molecular complexity index is 811. The quantitative estimate of drug-likeness (QED) is 0.604. The molecular formula is C20H22ClN3O3. The van der Waals surface area contributed by atoms with E-state index in [1.807, 2.05) is 42.2 Å². The fraction of sp³-hybridized carbons (Fsp3) is 0.350. The Balaban J connectivity index is 1.54. The van der Waals surface area contributed by atoms with Gasteiger partial charge in [-0.15, -0.1) is 0 Å². The third-order valence-corrected chi connectivity index (χ3v) is 5.27. The molecule has 6 nitrogen and oxygen atoms in total. The van der Waals surface area contributed by atoms with Gasteiger partial charge in [0, 0.05) is 37.3 Å². The van der Waals surface area contributed by atoms with Gasteiger partial charge >= 0.3 is 0 Å². The Morgan fingerprint density at radius 1 is 1.26 bits per heavy atom.